The third-order valence-electron chi connectivity index (χ3n) is 4.99. The Morgan fingerprint density at radius 1 is 1.16 bits per heavy atom. The Labute approximate surface area is 180 Å². The molecule has 0 bridgehead atoms. The molecule has 0 aliphatic carbocycles. The van der Waals surface area contributed by atoms with Gasteiger partial charge in [0, 0.05) is 31.6 Å². The number of fused-ring (bicyclic) bond motifs is 1. The van der Waals surface area contributed by atoms with Crippen molar-refractivity contribution in [2.75, 3.05) is 26.2 Å². The summed E-state index contributed by atoms with van der Waals surface area (Å²) in [5.74, 6) is -0.505. The number of carbonyl (C=O) groups excluding carboxylic acids is 1. The number of aromatic nitrogens is 3. The van der Waals surface area contributed by atoms with Gasteiger partial charge in [0.1, 0.15) is 23.2 Å². The van der Waals surface area contributed by atoms with E-state index in [1.54, 1.807) is 0 Å². The lowest BCUT2D eigenvalue weighted by Crippen LogP contribution is -2.36. The van der Waals surface area contributed by atoms with Crippen LogP contribution < -0.4 is 10.9 Å². The van der Waals surface area contributed by atoms with Crippen molar-refractivity contribution in [2.45, 2.75) is 39.7 Å². The van der Waals surface area contributed by atoms with Gasteiger partial charge < -0.3 is 14.7 Å². The lowest BCUT2D eigenvalue weighted by molar-refractivity contribution is -0.121. The van der Waals surface area contributed by atoms with Gasteiger partial charge in [0.2, 0.25) is 5.91 Å². The van der Waals surface area contributed by atoms with Crippen molar-refractivity contribution in [3.8, 4) is 11.3 Å². The highest BCUT2D eigenvalue weighted by Crippen LogP contribution is 2.24. The molecule has 0 radical (unpaired) electrons. The number of halogens is 1. The van der Waals surface area contributed by atoms with Gasteiger partial charge in [-0.05, 0) is 50.2 Å². The maximum atomic E-state index is 13.2. The summed E-state index contributed by atoms with van der Waals surface area (Å²) in [5, 5.41) is 7.05. The highest BCUT2D eigenvalue weighted by Gasteiger charge is 2.17. The third kappa shape index (κ3) is 5.75. The predicted octanol–water partition coefficient (Wildman–Crippen LogP) is 2.82. The Bertz CT molecular complexity index is 1060. The van der Waals surface area contributed by atoms with E-state index >= 15 is 0 Å². The average molecular weight is 429 g/mol. The first-order valence-electron chi connectivity index (χ1n) is 10.6. The summed E-state index contributed by atoms with van der Waals surface area (Å²) >= 11 is 0. The quantitative estimate of drug-likeness (QED) is 0.504. The van der Waals surface area contributed by atoms with Gasteiger partial charge in [-0.2, -0.15) is 0 Å². The molecule has 0 aliphatic heterocycles. The van der Waals surface area contributed by atoms with E-state index in [-0.39, 0.29) is 41.3 Å². The van der Waals surface area contributed by atoms with Crippen LogP contribution in [0.1, 0.15) is 33.1 Å². The Balaban J connectivity index is 1.63. The van der Waals surface area contributed by atoms with Crippen molar-refractivity contribution in [2.24, 2.45) is 0 Å². The Morgan fingerprint density at radius 2 is 1.87 bits per heavy atom. The molecule has 0 spiro atoms. The average Bonchev–Trinajstić information content (AvgIpc) is 3.19. The number of nitrogens with one attached hydrogen (secondary N) is 1. The number of hydrogen-bond acceptors (Lipinski definition) is 6. The van der Waals surface area contributed by atoms with Crippen molar-refractivity contribution < 1.29 is 13.7 Å². The first-order chi connectivity index (χ1) is 15.0. The number of hydrogen-bond donors (Lipinski definition) is 1. The van der Waals surface area contributed by atoms with E-state index in [2.05, 4.69) is 34.2 Å². The second-order valence-corrected chi connectivity index (χ2v) is 7.40. The molecule has 0 saturated heterocycles. The summed E-state index contributed by atoms with van der Waals surface area (Å²) in [6, 6.07) is 5.63. The molecular formula is C22H28FN5O3. The van der Waals surface area contributed by atoms with Crippen molar-refractivity contribution in [3.63, 3.8) is 0 Å². The van der Waals surface area contributed by atoms with Crippen LogP contribution in [0.5, 0.6) is 0 Å². The standard InChI is InChI=1S/C22H28FN5O3/c1-3-11-27(12-4-2)14-10-24-18(29)9-13-28-15-25-21-19(22(28)30)20(26-31-21)16-5-7-17(23)8-6-16/h5-8,15H,3-4,9-14H2,1-2H3,(H,24,29). The van der Waals surface area contributed by atoms with Crippen LogP contribution in [0.4, 0.5) is 4.39 Å². The highest BCUT2D eigenvalue weighted by atomic mass is 19.1. The fourth-order valence-corrected chi connectivity index (χ4v) is 3.48. The predicted molar refractivity (Wildman–Crippen MR) is 116 cm³/mol. The van der Waals surface area contributed by atoms with Crippen LogP contribution in [-0.4, -0.2) is 51.7 Å². The van der Waals surface area contributed by atoms with Gasteiger partial charge in [-0.1, -0.05) is 19.0 Å². The van der Waals surface area contributed by atoms with E-state index in [1.807, 2.05) is 0 Å². The van der Waals surface area contributed by atoms with Gasteiger partial charge in [0.25, 0.3) is 11.3 Å². The normalized spacial score (nSPS) is 11.4. The van der Waals surface area contributed by atoms with Crippen molar-refractivity contribution in [3.05, 3.63) is 46.8 Å². The summed E-state index contributed by atoms with van der Waals surface area (Å²) in [7, 11) is 0. The van der Waals surface area contributed by atoms with Crippen molar-refractivity contribution in [1.82, 2.24) is 24.9 Å². The van der Waals surface area contributed by atoms with Gasteiger partial charge in [0.05, 0.1) is 0 Å². The zero-order valence-electron chi connectivity index (χ0n) is 17.9. The maximum Gasteiger partial charge on any atom is 0.266 e. The molecule has 31 heavy (non-hydrogen) atoms. The van der Waals surface area contributed by atoms with E-state index < -0.39 is 0 Å². The number of rotatable bonds is 11. The molecule has 0 unspecified atom stereocenters. The Morgan fingerprint density at radius 3 is 2.55 bits per heavy atom. The molecule has 8 nitrogen and oxygen atoms in total. The van der Waals surface area contributed by atoms with Crippen molar-refractivity contribution >= 4 is 17.0 Å². The van der Waals surface area contributed by atoms with Gasteiger partial charge in [0.15, 0.2) is 0 Å². The van der Waals surface area contributed by atoms with E-state index in [1.165, 1.54) is 35.2 Å². The topological polar surface area (TPSA) is 93.3 Å². The smallest absolute Gasteiger partial charge is 0.266 e. The molecule has 166 valence electrons. The number of carbonyl (C=O) groups is 1. The van der Waals surface area contributed by atoms with Crippen LogP contribution in [0.25, 0.3) is 22.4 Å². The first kappa shape index (κ1) is 22.6. The fourth-order valence-electron chi connectivity index (χ4n) is 3.48. The number of amides is 1. The second-order valence-electron chi connectivity index (χ2n) is 7.40. The molecule has 1 aromatic carbocycles. The molecule has 0 saturated carbocycles. The molecule has 0 aliphatic rings. The number of aryl methyl sites for hydroxylation is 1. The molecule has 1 amide bonds. The van der Waals surface area contributed by atoms with Gasteiger partial charge in [-0.15, -0.1) is 0 Å². The number of nitrogens with zero attached hydrogens (tertiary/aromatic N) is 4. The van der Waals surface area contributed by atoms with E-state index in [4.69, 9.17) is 4.52 Å². The molecule has 3 aromatic rings. The minimum absolute atomic E-state index is 0.108. The molecule has 9 heteroatoms. The molecule has 2 heterocycles. The van der Waals surface area contributed by atoms with Crippen LogP contribution in [0.15, 0.2) is 39.9 Å². The monoisotopic (exact) mass is 429 g/mol. The lowest BCUT2D eigenvalue weighted by atomic mass is 10.1. The summed E-state index contributed by atoms with van der Waals surface area (Å²) in [5.41, 5.74) is 0.615. The zero-order valence-corrected chi connectivity index (χ0v) is 17.9. The van der Waals surface area contributed by atoms with Crippen LogP contribution in [0.3, 0.4) is 0 Å². The molecule has 2 aromatic heterocycles. The van der Waals surface area contributed by atoms with Gasteiger partial charge in [-0.25, -0.2) is 9.37 Å². The SMILES string of the molecule is CCCN(CCC)CCNC(=O)CCn1cnc2onc(-c3ccc(F)cc3)c2c1=O. The zero-order chi connectivity index (χ0) is 22.2. The maximum absolute atomic E-state index is 13.2. The third-order valence-corrected chi connectivity index (χ3v) is 4.99. The molecule has 0 atom stereocenters. The minimum Gasteiger partial charge on any atom is -0.355 e. The van der Waals surface area contributed by atoms with E-state index in [9.17, 15) is 14.0 Å². The highest BCUT2D eigenvalue weighted by molar-refractivity contribution is 5.88. The van der Waals surface area contributed by atoms with E-state index in [0.717, 1.165) is 32.5 Å². The van der Waals surface area contributed by atoms with E-state index in [0.29, 0.717) is 17.8 Å². The minimum atomic E-state index is -0.384. The van der Waals surface area contributed by atoms with Crippen LogP contribution in [-0.2, 0) is 11.3 Å². The second kappa shape index (κ2) is 10.8. The fraction of sp³-hybridized carbons (Fsp3) is 0.455. The summed E-state index contributed by atoms with van der Waals surface area (Å²) in [6.07, 6.45) is 3.66. The number of benzene rings is 1. The molecular weight excluding hydrogens is 401 g/mol. The van der Waals surface area contributed by atoms with Crippen LogP contribution in [0.2, 0.25) is 0 Å². The summed E-state index contributed by atoms with van der Waals surface area (Å²) in [6.45, 7) is 7.88. The van der Waals surface area contributed by atoms with Gasteiger partial charge in [-0.3, -0.25) is 14.2 Å². The Kier molecular flexibility index (Phi) is 7.88. The molecule has 1 N–H and O–H groups in total. The molecule has 0 fully saturated rings. The first-order valence-corrected chi connectivity index (χ1v) is 10.6. The summed E-state index contributed by atoms with van der Waals surface area (Å²) in [4.78, 5) is 31.6. The molecule has 3 rings (SSSR count). The van der Waals surface area contributed by atoms with Gasteiger partial charge >= 0.3 is 0 Å². The van der Waals surface area contributed by atoms with Crippen molar-refractivity contribution in [1.29, 1.82) is 0 Å². The largest absolute Gasteiger partial charge is 0.355 e. The lowest BCUT2D eigenvalue weighted by Gasteiger charge is -2.20. The van der Waals surface area contributed by atoms with Crippen LogP contribution in [0, 0.1) is 5.82 Å². The Hall–Kier alpha value is -3.07. The van der Waals surface area contributed by atoms with Crippen LogP contribution >= 0.6 is 0 Å². The summed E-state index contributed by atoms with van der Waals surface area (Å²) < 4.78 is 19.7.